The van der Waals surface area contributed by atoms with Crippen molar-refractivity contribution in [3.8, 4) is 0 Å². The van der Waals surface area contributed by atoms with E-state index < -0.39 is 18.1 Å². The minimum atomic E-state index is -1.27. The Kier molecular flexibility index (Phi) is 4.38. The number of imidazole rings is 1. The van der Waals surface area contributed by atoms with E-state index in [2.05, 4.69) is 9.97 Å². The van der Waals surface area contributed by atoms with Crippen LogP contribution < -0.4 is 0 Å². The highest BCUT2D eigenvalue weighted by Crippen LogP contribution is 2.21. The summed E-state index contributed by atoms with van der Waals surface area (Å²) in [6, 6.07) is 12.8. The van der Waals surface area contributed by atoms with Gasteiger partial charge in [0.1, 0.15) is 30.5 Å². The van der Waals surface area contributed by atoms with Crippen molar-refractivity contribution in [1.82, 2.24) is 14.9 Å². The number of ether oxygens (including phenoxy) is 1. The van der Waals surface area contributed by atoms with Crippen molar-refractivity contribution in [2.75, 3.05) is 13.1 Å². The molecule has 134 valence electrons. The van der Waals surface area contributed by atoms with Crippen LogP contribution >= 0.6 is 0 Å². The first-order chi connectivity index (χ1) is 12.6. The van der Waals surface area contributed by atoms with Gasteiger partial charge in [0.05, 0.1) is 24.1 Å². The quantitative estimate of drug-likeness (QED) is 0.781. The molecule has 0 saturated carbocycles. The molecule has 0 spiro atoms. The lowest BCUT2D eigenvalue weighted by Gasteiger charge is -2.16. The second-order valence-corrected chi connectivity index (χ2v) is 6.28. The van der Waals surface area contributed by atoms with Gasteiger partial charge in [-0.25, -0.2) is 13.8 Å². The topological polar surface area (TPSA) is 58.2 Å². The van der Waals surface area contributed by atoms with E-state index in [0.717, 1.165) is 11.0 Å². The molecular formula is C19H17F2N3O2. The minimum absolute atomic E-state index is 0.0407. The first-order valence-corrected chi connectivity index (χ1v) is 8.34. The Labute approximate surface area is 148 Å². The molecule has 1 amide bonds. The number of H-pyrrole nitrogens is 1. The maximum absolute atomic E-state index is 14.3. The van der Waals surface area contributed by atoms with Gasteiger partial charge in [-0.3, -0.25) is 4.79 Å². The highest BCUT2D eigenvalue weighted by molar-refractivity contribution is 5.94. The molecule has 26 heavy (non-hydrogen) atoms. The van der Waals surface area contributed by atoms with Gasteiger partial charge in [-0.05, 0) is 36.4 Å². The van der Waals surface area contributed by atoms with Crippen LogP contribution in [0.15, 0.2) is 48.5 Å². The molecule has 1 N–H and O–H groups in total. The highest BCUT2D eigenvalue weighted by Gasteiger charge is 2.36. The third kappa shape index (κ3) is 3.30. The number of alkyl halides is 1. The van der Waals surface area contributed by atoms with Gasteiger partial charge < -0.3 is 14.6 Å². The first-order valence-electron chi connectivity index (χ1n) is 8.34. The number of carbonyl (C=O) groups excluding carboxylic acids is 1. The maximum atomic E-state index is 14.3. The van der Waals surface area contributed by atoms with E-state index in [1.807, 2.05) is 24.3 Å². The Morgan fingerprint density at radius 2 is 1.96 bits per heavy atom. The molecule has 5 nitrogen and oxygen atoms in total. The molecule has 2 aromatic carbocycles. The Hall–Kier alpha value is -2.80. The van der Waals surface area contributed by atoms with Crippen molar-refractivity contribution in [2.24, 2.45) is 0 Å². The summed E-state index contributed by atoms with van der Waals surface area (Å²) in [6.07, 6.45) is -1.99. The van der Waals surface area contributed by atoms with Crippen molar-refractivity contribution < 1.29 is 18.3 Å². The molecule has 0 radical (unpaired) electrons. The van der Waals surface area contributed by atoms with Crippen LogP contribution in [-0.4, -0.2) is 46.1 Å². The molecular weight excluding hydrogens is 340 g/mol. The number of nitrogens with one attached hydrogen (secondary N) is 1. The van der Waals surface area contributed by atoms with E-state index in [-0.39, 0.29) is 25.6 Å². The fraction of sp³-hybridized carbons (Fsp3) is 0.263. The van der Waals surface area contributed by atoms with Crippen molar-refractivity contribution in [1.29, 1.82) is 0 Å². The molecule has 2 atom stereocenters. The van der Waals surface area contributed by atoms with Crippen molar-refractivity contribution in [3.05, 3.63) is 65.7 Å². The van der Waals surface area contributed by atoms with Crippen LogP contribution in [-0.2, 0) is 11.3 Å². The number of aromatic amines is 1. The van der Waals surface area contributed by atoms with E-state index in [9.17, 15) is 13.6 Å². The number of amides is 1. The van der Waals surface area contributed by atoms with Gasteiger partial charge in [-0.15, -0.1) is 0 Å². The van der Waals surface area contributed by atoms with Gasteiger partial charge in [-0.1, -0.05) is 12.1 Å². The fourth-order valence-corrected chi connectivity index (χ4v) is 3.09. The van der Waals surface area contributed by atoms with E-state index in [1.165, 1.54) is 29.2 Å². The van der Waals surface area contributed by atoms with Crippen LogP contribution in [0.4, 0.5) is 8.78 Å². The third-order valence-electron chi connectivity index (χ3n) is 4.45. The van der Waals surface area contributed by atoms with E-state index in [4.69, 9.17) is 4.74 Å². The van der Waals surface area contributed by atoms with Crippen LogP contribution in [0.25, 0.3) is 11.0 Å². The number of rotatable bonds is 4. The normalized spacial score (nSPS) is 20.0. The Bertz CT molecular complexity index is 893. The lowest BCUT2D eigenvalue weighted by molar-refractivity contribution is 0.00887. The molecule has 1 fully saturated rings. The van der Waals surface area contributed by atoms with Gasteiger partial charge in [0.25, 0.3) is 5.91 Å². The Morgan fingerprint density at radius 1 is 1.19 bits per heavy atom. The molecule has 3 aromatic rings. The van der Waals surface area contributed by atoms with E-state index in [0.29, 0.717) is 11.4 Å². The molecule has 2 heterocycles. The number of benzene rings is 2. The number of aromatic nitrogens is 2. The molecule has 1 saturated heterocycles. The Morgan fingerprint density at radius 3 is 2.73 bits per heavy atom. The van der Waals surface area contributed by atoms with Gasteiger partial charge in [0.2, 0.25) is 0 Å². The zero-order chi connectivity index (χ0) is 18.1. The van der Waals surface area contributed by atoms with E-state index >= 15 is 0 Å². The third-order valence-corrected chi connectivity index (χ3v) is 4.45. The number of fused-ring (bicyclic) bond motifs is 1. The largest absolute Gasteiger partial charge is 0.365 e. The monoisotopic (exact) mass is 357 g/mol. The molecule has 0 aliphatic carbocycles. The molecule has 0 bridgehead atoms. The lowest BCUT2D eigenvalue weighted by atomic mass is 10.2. The predicted molar refractivity (Wildman–Crippen MR) is 91.9 cm³/mol. The number of nitrogens with zero attached hydrogens (tertiary/aromatic N) is 2. The number of carbonyl (C=O) groups is 1. The fourth-order valence-electron chi connectivity index (χ4n) is 3.09. The summed E-state index contributed by atoms with van der Waals surface area (Å²) in [5.74, 6) is -0.136. The van der Waals surface area contributed by atoms with Crippen LogP contribution in [0.3, 0.4) is 0 Å². The summed E-state index contributed by atoms with van der Waals surface area (Å²) >= 11 is 0. The standard InChI is InChI=1S/C19H17F2N3O2/c20-13-7-5-12(6-8-13)19(25)24-9-14(21)17(10-24)26-11-18-22-15-3-1-2-4-16(15)23-18/h1-8,14,17H,9-11H2,(H,22,23). The minimum Gasteiger partial charge on any atom is -0.365 e. The Balaban J connectivity index is 1.39. The maximum Gasteiger partial charge on any atom is 0.254 e. The molecule has 1 aliphatic heterocycles. The molecule has 2 unspecified atom stereocenters. The number of para-hydroxylation sites is 2. The summed E-state index contributed by atoms with van der Waals surface area (Å²) in [4.78, 5) is 21.3. The summed E-state index contributed by atoms with van der Waals surface area (Å²) in [6.45, 7) is 0.247. The van der Waals surface area contributed by atoms with Crippen LogP contribution in [0.5, 0.6) is 0 Å². The SMILES string of the molecule is O=C(c1ccc(F)cc1)N1CC(F)C(OCc2nc3ccccc3[nH]2)C1. The number of likely N-dealkylation sites (tertiary alicyclic amines) is 1. The summed E-state index contributed by atoms with van der Waals surface area (Å²) in [5, 5.41) is 0. The molecule has 1 aliphatic rings. The average Bonchev–Trinajstić information content (AvgIpc) is 3.23. The number of hydrogen-bond donors (Lipinski definition) is 1. The van der Waals surface area contributed by atoms with Crippen molar-refractivity contribution >= 4 is 16.9 Å². The predicted octanol–water partition coefficient (Wildman–Crippen LogP) is 3.08. The average molecular weight is 357 g/mol. The summed E-state index contributed by atoms with van der Waals surface area (Å²) in [7, 11) is 0. The van der Waals surface area contributed by atoms with Gasteiger partial charge in [0, 0.05) is 5.56 Å². The zero-order valence-corrected chi connectivity index (χ0v) is 13.9. The zero-order valence-electron chi connectivity index (χ0n) is 13.9. The van der Waals surface area contributed by atoms with Gasteiger partial charge in [-0.2, -0.15) is 0 Å². The second kappa shape index (κ2) is 6.84. The lowest BCUT2D eigenvalue weighted by Crippen LogP contribution is -2.30. The van der Waals surface area contributed by atoms with Crippen molar-refractivity contribution in [3.63, 3.8) is 0 Å². The highest BCUT2D eigenvalue weighted by atomic mass is 19.1. The van der Waals surface area contributed by atoms with Gasteiger partial charge in [0.15, 0.2) is 0 Å². The van der Waals surface area contributed by atoms with Crippen LogP contribution in [0.1, 0.15) is 16.2 Å². The second-order valence-electron chi connectivity index (χ2n) is 6.28. The number of hydrogen-bond acceptors (Lipinski definition) is 3. The molecule has 1 aromatic heterocycles. The van der Waals surface area contributed by atoms with Crippen LogP contribution in [0, 0.1) is 5.82 Å². The smallest absolute Gasteiger partial charge is 0.254 e. The summed E-state index contributed by atoms with van der Waals surface area (Å²) in [5.41, 5.74) is 2.04. The summed E-state index contributed by atoms with van der Waals surface area (Å²) < 4.78 is 32.9. The van der Waals surface area contributed by atoms with Crippen LogP contribution in [0.2, 0.25) is 0 Å². The van der Waals surface area contributed by atoms with E-state index in [1.54, 1.807) is 0 Å². The first kappa shape index (κ1) is 16.7. The molecule has 7 heteroatoms. The van der Waals surface area contributed by atoms with Crippen molar-refractivity contribution in [2.45, 2.75) is 18.9 Å². The number of halogens is 2. The van der Waals surface area contributed by atoms with Gasteiger partial charge >= 0.3 is 0 Å². The molecule has 4 rings (SSSR count).